The SMILES string of the molecule is CC(C)(C)C1CCN(NC(=O)[C@H]2CC2(C)C)CC1. The van der Waals surface area contributed by atoms with Crippen molar-refractivity contribution < 1.29 is 4.79 Å². The highest BCUT2D eigenvalue weighted by Gasteiger charge is 2.51. The predicted octanol–water partition coefficient (Wildman–Crippen LogP) is 2.82. The molecule has 0 radical (unpaired) electrons. The van der Waals surface area contributed by atoms with Crippen LogP contribution in [-0.4, -0.2) is 24.0 Å². The fourth-order valence-electron chi connectivity index (χ4n) is 3.01. The maximum Gasteiger partial charge on any atom is 0.237 e. The van der Waals surface area contributed by atoms with Gasteiger partial charge >= 0.3 is 0 Å². The molecule has 2 fully saturated rings. The molecule has 1 amide bonds. The average molecular weight is 252 g/mol. The molecule has 0 aromatic carbocycles. The summed E-state index contributed by atoms with van der Waals surface area (Å²) in [7, 11) is 0. The average Bonchev–Trinajstić information content (AvgIpc) is 2.87. The van der Waals surface area contributed by atoms with Crippen LogP contribution in [0.5, 0.6) is 0 Å². The Morgan fingerprint density at radius 3 is 2.11 bits per heavy atom. The Labute approximate surface area is 111 Å². The highest BCUT2D eigenvalue weighted by Crippen LogP contribution is 2.51. The number of nitrogens with zero attached hydrogens (tertiary/aromatic N) is 1. The minimum atomic E-state index is 0.230. The normalized spacial score (nSPS) is 29.1. The first-order chi connectivity index (χ1) is 8.20. The molecule has 1 saturated heterocycles. The van der Waals surface area contributed by atoms with Crippen molar-refractivity contribution in [2.45, 2.75) is 53.9 Å². The first-order valence-corrected chi connectivity index (χ1v) is 7.25. The van der Waals surface area contributed by atoms with Gasteiger partial charge in [-0.25, -0.2) is 5.01 Å². The summed E-state index contributed by atoms with van der Waals surface area (Å²) < 4.78 is 0. The molecule has 1 atom stereocenters. The van der Waals surface area contributed by atoms with Gasteiger partial charge in [-0.1, -0.05) is 34.6 Å². The molecule has 1 aliphatic heterocycles. The van der Waals surface area contributed by atoms with Gasteiger partial charge in [-0.15, -0.1) is 0 Å². The summed E-state index contributed by atoms with van der Waals surface area (Å²) in [4.78, 5) is 12.0. The lowest BCUT2D eigenvalue weighted by Gasteiger charge is -2.38. The molecule has 0 aromatic heterocycles. The summed E-state index contributed by atoms with van der Waals surface area (Å²) in [5.74, 6) is 1.25. The topological polar surface area (TPSA) is 32.3 Å². The molecule has 2 rings (SSSR count). The van der Waals surface area contributed by atoms with E-state index in [2.05, 4.69) is 45.1 Å². The minimum Gasteiger partial charge on any atom is -0.289 e. The third kappa shape index (κ3) is 3.05. The molecule has 0 unspecified atom stereocenters. The summed E-state index contributed by atoms with van der Waals surface area (Å²) in [5.41, 5.74) is 3.73. The largest absolute Gasteiger partial charge is 0.289 e. The molecule has 104 valence electrons. The van der Waals surface area contributed by atoms with E-state index in [4.69, 9.17) is 0 Å². The van der Waals surface area contributed by atoms with Crippen LogP contribution < -0.4 is 5.43 Å². The quantitative estimate of drug-likeness (QED) is 0.819. The van der Waals surface area contributed by atoms with Gasteiger partial charge in [0, 0.05) is 19.0 Å². The Balaban J connectivity index is 1.76. The zero-order valence-corrected chi connectivity index (χ0v) is 12.5. The van der Waals surface area contributed by atoms with E-state index >= 15 is 0 Å². The molecule has 1 heterocycles. The van der Waals surface area contributed by atoms with Crippen LogP contribution in [0, 0.1) is 22.7 Å². The van der Waals surface area contributed by atoms with Crippen molar-refractivity contribution in [3.63, 3.8) is 0 Å². The van der Waals surface area contributed by atoms with Crippen LogP contribution in [0.25, 0.3) is 0 Å². The smallest absolute Gasteiger partial charge is 0.237 e. The van der Waals surface area contributed by atoms with Crippen LogP contribution >= 0.6 is 0 Å². The molecule has 18 heavy (non-hydrogen) atoms. The second kappa shape index (κ2) is 4.52. The standard InChI is InChI=1S/C15H28N2O/c1-14(2,3)11-6-8-17(9-7-11)16-13(18)12-10-15(12,4)5/h11-12H,6-10H2,1-5H3,(H,16,18)/t12-/m1/s1. The van der Waals surface area contributed by atoms with E-state index in [9.17, 15) is 4.79 Å². The maximum atomic E-state index is 12.0. The number of carbonyl (C=O) groups excluding carboxylic acids is 1. The first-order valence-electron chi connectivity index (χ1n) is 7.25. The van der Waals surface area contributed by atoms with Crippen LogP contribution in [-0.2, 0) is 4.79 Å². The van der Waals surface area contributed by atoms with Crippen molar-refractivity contribution in [3.8, 4) is 0 Å². The van der Waals surface area contributed by atoms with E-state index in [1.54, 1.807) is 0 Å². The molecular weight excluding hydrogens is 224 g/mol. The second-order valence-electron chi connectivity index (χ2n) is 7.85. The van der Waals surface area contributed by atoms with Crippen LogP contribution in [0.4, 0.5) is 0 Å². The lowest BCUT2D eigenvalue weighted by molar-refractivity contribution is -0.128. The number of nitrogens with one attached hydrogen (secondary N) is 1. The summed E-state index contributed by atoms with van der Waals surface area (Å²) in [6.07, 6.45) is 3.42. The zero-order chi connectivity index (χ0) is 13.6. The van der Waals surface area contributed by atoms with Crippen molar-refractivity contribution in [1.29, 1.82) is 0 Å². The number of hydrogen-bond donors (Lipinski definition) is 1. The Kier molecular flexibility index (Phi) is 3.48. The molecule has 2 aliphatic rings. The molecule has 3 heteroatoms. The molecule has 1 N–H and O–H groups in total. The summed E-state index contributed by atoms with van der Waals surface area (Å²) in [6.45, 7) is 13.3. The van der Waals surface area contributed by atoms with Crippen molar-refractivity contribution >= 4 is 5.91 Å². The van der Waals surface area contributed by atoms with Gasteiger partial charge in [0.2, 0.25) is 5.91 Å². The van der Waals surface area contributed by atoms with Gasteiger partial charge in [0.15, 0.2) is 0 Å². The monoisotopic (exact) mass is 252 g/mol. The molecule has 0 bridgehead atoms. The number of hydrogen-bond acceptors (Lipinski definition) is 2. The fraction of sp³-hybridized carbons (Fsp3) is 0.933. The molecular formula is C15H28N2O. The Bertz CT molecular complexity index is 322. The van der Waals surface area contributed by atoms with E-state index < -0.39 is 0 Å². The molecule has 0 spiro atoms. The lowest BCUT2D eigenvalue weighted by Crippen LogP contribution is -2.48. The van der Waals surface area contributed by atoms with E-state index in [1.165, 1.54) is 12.8 Å². The number of hydrazine groups is 1. The number of carbonyl (C=O) groups is 1. The van der Waals surface area contributed by atoms with E-state index in [1.807, 2.05) is 0 Å². The third-order valence-electron chi connectivity index (χ3n) is 4.82. The highest BCUT2D eigenvalue weighted by atomic mass is 16.2. The Morgan fingerprint density at radius 1 is 1.22 bits per heavy atom. The fourth-order valence-corrected chi connectivity index (χ4v) is 3.01. The molecule has 1 aliphatic carbocycles. The van der Waals surface area contributed by atoms with Crippen LogP contribution in [0.2, 0.25) is 0 Å². The number of rotatable bonds is 2. The summed E-state index contributed by atoms with van der Waals surface area (Å²) in [5, 5.41) is 2.12. The molecule has 1 saturated carbocycles. The van der Waals surface area contributed by atoms with Crippen LogP contribution in [0.1, 0.15) is 53.9 Å². The van der Waals surface area contributed by atoms with Gasteiger partial charge in [0.05, 0.1) is 0 Å². The maximum absolute atomic E-state index is 12.0. The van der Waals surface area contributed by atoms with Gasteiger partial charge < -0.3 is 0 Å². The Morgan fingerprint density at radius 2 is 1.72 bits per heavy atom. The van der Waals surface area contributed by atoms with Gasteiger partial charge in [0.25, 0.3) is 0 Å². The summed E-state index contributed by atoms with van der Waals surface area (Å²) in [6, 6.07) is 0. The van der Waals surface area contributed by atoms with E-state index in [-0.39, 0.29) is 17.2 Å². The van der Waals surface area contributed by atoms with Gasteiger partial charge in [-0.2, -0.15) is 0 Å². The second-order valence-corrected chi connectivity index (χ2v) is 7.85. The van der Waals surface area contributed by atoms with E-state index in [0.717, 1.165) is 25.4 Å². The zero-order valence-electron chi connectivity index (χ0n) is 12.5. The molecule has 0 aromatic rings. The van der Waals surface area contributed by atoms with E-state index in [0.29, 0.717) is 5.41 Å². The third-order valence-corrected chi connectivity index (χ3v) is 4.82. The lowest BCUT2D eigenvalue weighted by atomic mass is 9.75. The van der Waals surface area contributed by atoms with Gasteiger partial charge in [-0.3, -0.25) is 10.2 Å². The van der Waals surface area contributed by atoms with Gasteiger partial charge in [-0.05, 0) is 36.0 Å². The van der Waals surface area contributed by atoms with Crippen LogP contribution in [0.3, 0.4) is 0 Å². The van der Waals surface area contributed by atoms with Crippen molar-refractivity contribution in [1.82, 2.24) is 10.4 Å². The highest BCUT2D eigenvalue weighted by molar-refractivity contribution is 5.81. The minimum absolute atomic E-state index is 0.230. The van der Waals surface area contributed by atoms with Crippen molar-refractivity contribution in [2.24, 2.45) is 22.7 Å². The first kappa shape index (κ1) is 13.9. The molecule has 3 nitrogen and oxygen atoms in total. The Hall–Kier alpha value is -0.570. The van der Waals surface area contributed by atoms with Crippen LogP contribution in [0.15, 0.2) is 0 Å². The summed E-state index contributed by atoms with van der Waals surface area (Å²) >= 11 is 0. The predicted molar refractivity (Wildman–Crippen MR) is 73.8 cm³/mol. The van der Waals surface area contributed by atoms with Gasteiger partial charge in [0.1, 0.15) is 0 Å². The van der Waals surface area contributed by atoms with Crippen molar-refractivity contribution in [3.05, 3.63) is 0 Å². The number of piperidine rings is 1. The van der Waals surface area contributed by atoms with Crippen molar-refractivity contribution in [2.75, 3.05) is 13.1 Å². The number of amides is 1.